The van der Waals surface area contributed by atoms with Gasteiger partial charge in [0.2, 0.25) is 0 Å². The Morgan fingerprint density at radius 1 is 1.24 bits per heavy atom. The van der Waals surface area contributed by atoms with E-state index in [1.165, 1.54) is 0 Å². The van der Waals surface area contributed by atoms with E-state index < -0.39 is 0 Å². The number of hydrogen-bond acceptors (Lipinski definition) is 3. The van der Waals surface area contributed by atoms with E-state index in [1.807, 2.05) is 24.4 Å². The number of ether oxygens (including phenoxy) is 1. The molecule has 0 spiro atoms. The first-order chi connectivity index (χ1) is 8.33. The first-order valence-electron chi connectivity index (χ1n) is 6.17. The lowest BCUT2D eigenvalue weighted by molar-refractivity contribution is 0.149. The number of hydrogen-bond donors (Lipinski definition) is 2. The second-order valence-corrected chi connectivity index (χ2v) is 4.74. The molecule has 1 fully saturated rings. The minimum Gasteiger partial charge on any atom is -0.490 e. The van der Waals surface area contributed by atoms with E-state index in [0.29, 0.717) is 12.1 Å². The van der Waals surface area contributed by atoms with E-state index in [2.05, 4.69) is 10.2 Å². The molecule has 90 valence electrons. The van der Waals surface area contributed by atoms with Gasteiger partial charge in [-0.25, -0.2) is 0 Å². The Morgan fingerprint density at radius 3 is 2.88 bits per heavy atom. The van der Waals surface area contributed by atoms with Crippen molar-refractivity contribution in [1.29, 1.82) is 0 Å². The number of H-pyrrole nitrogens is 1. The molecule has 1 aliphatic rings. The number of nitrogens with two attached hydrogens (primary N) is 1. The number of aromatic amines is 1. The lowest BCUT2D eigenvalue weighted by atomic mass is 9.94. The third-order valence-electron chi connectivity index (χ3n) is 3.46. The maximum atomic E-state index is 6.06. The largest absolute Gasteiger partial charge is 0.490 e. The molecule has 0 aliphatic heterocycles. The predicted octanol–water partition coefficient (Wildman–Crippen LogP) is 2.21. The molecular weight excluding hydrogens is 214 g/mol. The molecule has 0 unspecified atom stereocenters. The normalized spacial score (nSPS) is 25.0. The van der Waals surface area contributed by atoms with E-state index in [4.69, 9.17) is 10.5 Å². The van der Waals surface area contributed by atoms with Crippen LogP contribution in [0.1, 0.15) is 25.7 Å². The number of aromatic nitrogens is 2. The Balaban J connectivity index is 1.78. The summed E-state index contributed by atoms with van der Waals surface area (Å²) in [4.78, 5) is 0. The number of fused-ring (bicyclic) bond motifs is 1. The van der Waals surface area contributed by atoms with E-state index in [1.54, 1.807) is 0 Å². The van der Waals surface area contributed by atoms with Gasteiger partial charge in [-0.2, -0.15) is 5.10 Å². The Kier molecular flexibility index (Phi) is 2.73. The third kappa shape index (κ3) is 2.13. The standard InChI is InChI=1S/C13H17N3O/c14-9-4-6-10(7-5-9)17-13-3-1-2-12-11(13)8-15-16-12/h1-3,8-10H,4-7,14H2,(H,15,16)/t9-,10-. The number of benzene rings is 1. The average Bonchev–Trinajstić information content (AvgIpc) is 2.81. The molecule has 0 bridgehead atoms. The summed E-state index contributed by atoms with van der Waals surface area (Å²) < 4.78 is 6.06. The smallest absolute Gasteiger partial charge is 0.130 e. The van der Waals surface area contributed by atoms with Crippen LogP contribution in [-0.4, -0.2) is 22.3 Å². The summed E-state index contributed by atoms with van der Waals surface area (Å²) in [6.07, 6.45) is 6.34. The van der Waals surface area contributed by atoms with Gasteiger partial charge in [-0.3, -0.25) is 5.10 Å². The highest BCUT2D eigenvalue weighted by Crippen LogP contribution is 2.28. The fourth-order valence-electron chi connectivity index (χ4n) is 2.43. The summed E-state index contributed by atoms with van der Waals surface area (Å²) in [5.41, 5.74) is 6.92. The molecule has 4 nitrogen and oxygen atoms in total. The first-order valence-corrected chi connectivity index (χ1v) is 6.17. The molecule has 1 aromatic carbocycles. The summed E-state index contributed by atoms with van der Waals surface area (Å²) in [5, 5.41) is 8.05. The number of rotatable bonds is 2. The van der Waals surface area contributed by atoms with Crippen molar-refractivity contribution in [2.24, 2.45) is 5.73 Å². The molecule has 0 atom stereocenters. The van der Waals surface area contributed by atoms with Gasteiger partial charge in [-0.1, -0.05) is 6.07 Å². The Bertz CT molecular complexity index is 500. The van der Waals surface area contributed by atoms with Gasteiger partial charge in [-0.15, -0.1) is 0 Å². The zero-order valence-corrected chi connectivity index (χ0v) is 9.73. The van der Waals surface area contributed by atoms with Gasteiger partial charge in [0.15, 0.2) is 0 Å². The summed E-state index contributed by atoms with van der Waals surface area (Å²) in [7, 11) is 0. The van der Waals surface area contributed by atoms with Crippen LogP contribution in [0.2, 0.25) is 0 Å². The molecule has 0 saturated heterocycles. The lowest BCUT2D eigenvalue weighted by Gasteiger charge is -2.26. The molecule has 0 radical (unpaired) electrons. The van der Waals surface area contributed by atoms with E-state index >= 15 is 0 Å². The van der Waals surface area contributed by atoms with Gasteiger partial charge in [0.25, 0.3) is 0 Å². The van der Waals surface area contributed by atoms with Crippen molar-refractivity contribution in [3.05, 3.63) is 24.4 Å². The zero-order valence-electron chi connectivity index (χ0n) is 9.73. The fraction of sp³-hybridized carbons (Fsp3) is 0.462. The van der Waals surface area contributed by atoms with Crippen LogP contribution in [0.5, 0.6) is 5.75 Å². The van der Waals surface area contributed by atoms with Crippen LogP contribution in [0.25, 0.3) is 10.9 Å². The molecule has 1 aromatic heterocycles. The highest BCUT2D eigenvalue weighted by atomic mass is 16.5. The Labute approximate surface area is 100 Å². The first kappa shape index (κ1) is 10.6. The minimum atomic E-state index is 0.301. The maximum absolute atomic E-state index is 6.06. The second kappa shape index (κ2) is 4.37. The highest BCUT2D eigenvalue weighted by Gasteiger charge is 2.20. The third-order valence-corrected chi connectivity index (χ3v) is 3.46. The van der Waals surface area contributed by atoms with Gasteiger partial charge < -0.3 is 10.5 Å². The van der Waals surface area contributed by atoms with Crippen molar-refractivity contribution in [2.45, 2.75) is 37.8 Å². The molecule has 17 heavy (non-hydrogen) atoms. The summed E-state index contributed by atoms with van der Waals surface area (Å²) in [5.74, 6) is 0.928. The molecule has 1 aliphatic carbocycles. The predicted molar refractivity (Wildman–Crippen MR) is 67.0 cm³/mol. The number of nitrogens with zero attached hydrogens (tertiary/aromatic N) is 1. The molecule has 2 aromatic rings. The molecule has 4 heteroatoms. The van der Waals surface area contributed by atoms with Crippen molar-refractivity contribution in [3.8, 4) is 5.75 Å². The quantitative estimate of drug-likeness (QED) is 0.833. The van der Waals surface area contributed by atoms with Crippen LogP contribution < -0.4 is 10.5 Å². The molecule has 1 saturated carbocycles. The Hall–Kier alpha value is -1.55. The molecule has 3 N–H and O–H groups in total. The SMILES string of the molecule is N[C@H]1CC[C@H](Oc2cccc3[nH]ncc23)CC1. The van der Waals surface area contributed by atoms with Crippen LogP contribution in [-0.2, 0) is 0 Å². The molecule has 0 amide bonds. The molecular formula is C13H17N3O. The fourth-order valence-corrected chi connectivity index (χ4v) is 2.43. The topological polar surface area (TPSA) is 63.9 Å². The van der Waals surface area contributed by atoms with Crippen LogP contribution in [0, 0.1) is 0 Å². The summed E-state index contributed by atoms with van der Waals surface area (Å²) in [6, 6.07) is 6.36. The van der Waals surface area contributed by atoms with Gasteiger partial charge in [0.05, 0.1) is 23.2 Å². The average molecular weight is 231 g/mol. The molecule has 1 heterocycles. The lowest BCUT2D eigenvalue weighted by Crippen LogP contribution is -2.31. The van der Waals surface area contributed by atoms with Crippen LogP contribution in [0.4, 0.5) is 0 Å². The van der Waals surface area contributed by atoms with E-state index in [9.17, 15) is 0 Å². The Morgan fingerprint density at radius 2 is 2.06 bits per heavy atom. The number of nitrogens with one attached hydrogen (secondary N) is 1. The second-order valence-electron chi connectivity index (χ2n) is 4.74. The van der Waals surface area contributed by atoms with Gasteiger partial charge >= 0.3 is 0 Å². The van der Waals surface area contributed by atoms with E-state index in [0.717, 1.165) is 42.3 Å². The minimum absolute atomic E-state index is 0.301. The summed E-state index contributed by atoms with van der Waals surface area (Å²) >= 11 is 0. The summed E-state index contributed by atoms with van der Waals surface area (Å²) in [6.45, 7) is 0. The van der Waals surface area contributed by atoms with E-state index in [-0.39, 0.29) is 0 Å². The van der Waals surface area contributed by atoms with Crippen LogP contribution in [0.15, 0.2) is 24.4 Å². The molecule has 3 rings (SSSR count). The van der Waals surface area contributed by atoms with Gasteiger partial charge in [0.1, 0.15) is 5.75 Å². The zero-order chi connectivity index (χ0) is 11.7. The van der Waals surface area contributed by atoms with Crippen LogP contribution in [0.3, 0.4) is 0 Å². The maximum Gasteiger partial charge on any atom is 0.130 e. The van der Waals surface area contributed by atoms with Crippen molar-refractivity contribution in [2.75, 3.05) is 0 Å². The monoisotopic (exact) mass is 231 g/mol. The van der Waals surface area contributed by atoms with Gasteiger partial charge in [-0.05, 0) is 37.8 Å². The van der Waals surface area contributed by atoms with Gasteiger partial charge in [0, 0.05) is 6.04 Å². The van der Waals surface area contributed by atoms with Crippen LogP contribution >= 0.6 is 0 Å². The van der Waals surface area contributed by atoms with Crippen molar-refractivity contribution < 1.29 is 4.74 Å². The van der Waals surface area contributed by atoms with Crippen molar-refractivity contribution in [1.82, 2.24) is 10.2 Å². The van der Waals surface area contributed by atoms with Crippen molar-refractivity contribution in [3.63, 3.8) is 0 Å². The highest BCUT2D eigenvalue weighted by molar-refractivity contribution is 5.84. The van der Waals surface area contributed by atoms with Crippen molar-refractivity contribution >= 4 is 10.9 Å².